The Hall–Kier alpha value is -3.54. The van der Waals surface area contributed by atoms with Gasteiger partial charge in [0.1, 0.15) is 6.04 Å². The molecule has 0 aliphatic heterocycles. The summed E-state index contributed by atoms with van der Waals surface area (Å²) >= 11 is 5.73. The first-order chi connectivity index (χ1) is 16.5. The molecule has 0 saturated carbocycles. The van der Waals surface area contributed by atoms with Crippen LogP contribution in [0.3, 0.4) is 0 Å². The van der Waals surface area contributed by atoms with E-state index >= 15 is 0 Å². The van der Waals surface area contributed by atoms with E-state index in [1.807, 2.05) is 0 Å². The first-order valence-electron chi connectivity index (χ1n) is 10.5. The Morgan fingerprint density at radius 2 is 1.91 bits per heavy atom. The van der Waals surface area contributed by atoms with Crippen LogP contribution in [0.15, 0.2) is 64.4 Å². The predicted molar refractivity (Wildman–Crippen MR) is 130 cm³/mol. The quantitative estimate of drug-likeness (QED) is 0.394. The van der Waals surface area contributed by atoms with Crippen LogP contribution < -0.4 is 15.6 Å². The number of halogens is 1. The van der Waals surface area contributed by atoms with Gasteiger partial charge in [-0.15, -0.1) is 0 Å². The first kappa shape index (κ1) is 26.1. The van der Waals surface area contributed by atoms with Crippen LogP contribution in [0.2, 0.25) is 5.02 Å². The fraction of sp³-hybridized carbons (Fsp3) is 0.217. The molecule has 0 saturated heterocycles. The van der Waals surface area contributed by atoms with E-state index in [4.69, 9.17) is 16.7 Å². The van der Waals surface area contributed by atoms with Gasteiger partial charge >= 0.3 is 5.97 Å². The molecule has 1 amide bonds. The van der Waals surface area contributed by atoms with Gasteiger partial charge in [0.25, 0.3) is 5.56 Å². The summed E-state index contributed by atoms with van der Waals surface area (Å²) in [6.45, 7) is 3.14. The third kappa shape index (κ3) is 6.53. The Labute approximate surface area is 206 Å². The summed E-state index contributed by atoms with van der Waals surface area (Å²) in [7, 11) is -3.93. The van der Waals surface area contributed by atoms with Crippen LogP contribution in [0.25, 0.3) is 0 Å². The molecular weight excluding hydrogens is 496 g/mol. The maximum atomic E-state index is 12.9. The summed E-state index contributed by atoms with van der Waals surface area (Å²) in [5, 5.41) is 15.7. The number of nitrogens with zero attached hydrogens (tertiary/aromatic N) is 2. The molecule has 0 radical (unpaired) electrons. The molecule has 0 fully saturated rings. The number of carbonyl (C=O) groups excluding carboxylic acids is 1. The number of anilines is 1. The molecule has 0 aliphatic carbocycles. The first-order valence-corrected chi connectivity index (χ1v) is 12.3. The molecule has 3 N–H and O–H groups in total. The van der Waals surface area contributed by atoms with Gasteiger partial charge in [0.2, 0.25) is 15.9 Å². The minimum atomic E-state index is -3.93. The van der Waals surface area contributed by atoms with Crippen LogP contribution in [-0.4, -0.2) is 41.7 Å². The Morgan fingerprint density at radius 1 is 1.17 bits per heavy atom. The average Bonchev–Trinajstić information content (AvgIpc) is 2.80. The lowest BCUT2D eigenvalue weighted by atomic mass is 10.1. The number of hydrogen-bond donors (Lipinski definition) is 3. The zero-order valence-corrected chi connectivity index (χ0v) is 20.4. The molecule has 0 aliphatic rings. The largest absolute Gasteiger partial charge is 0.478 e. The SMILES string of the molecule is Cc1ccc(NC(=O)[C@@H](C)n2ncc(Cl)cc2=O)cc1S(=O)(=O)NCCc1cccc(C(=O)O)c1. The molecule has 1 heterocycles. The molecule has 2 aromatic carbocycles. The van der Waals surface area contributed by atoms with Gasteiger partial charge in [0, 0.05) is 18.3 Å². The summed E-state index contributed by atoms with van der Waals surface area (Å²) in [6, 6.07) is 10.8. The summed E-state index contributed by atoms with van der Waals surface area (Å²) in [6.07, 6.45) is 1.53. The third-order valence-corrected chi connectivity index (χ3v) is 6.97. The number of hydrogen-bond acceptors (Lipinski definition) is 6. The molecule has 0 spiro atoms. The van der Waals surface area contributed by atoms with Crippen molar-refractivity contribution < 1.29 is 23.1 Å². The lowest BCUT2D eigenvalue weighted by Crippen LogP contribution is -2.33. The number of benzene rings is 2. The van der Waals surface area contributed by atoms with Gasteiger partial charge in [-0.2, -0.15) is 5.10 Å². The molecule has 0 bridgehead atoms. The smallest absolute Gasteiger partial charge is 0.335 e. The Balaban J connectivity index is 1.71. The van der Waals surface area contributed by atoms with Gasteiger partial charge in [-0.25, -0.2) is 22.6 Å². The number of amides is 1. The highest BCUT2D eigenvalue weighted by Gasteiger charge is 2.21. The predicted octanol–water partition coefficient (Wildman–Crippen LogP) is 2.62. The van der Waals surface area contributed by atoms with Crippen molar-refractivity contribution >= 4 is 39.2 Å². The summed E-state index contributed by atoms with van der Waals surface area (Å²) in [5.74, 6) is -1.63. The molecule has 0 unspecified atom stereocenters. The Morgan fingerprint density at radius 3 is 2.60 bits per heavy atom. The molecule has 1 atom stereocenters. The molecular formula is C23H23ClN4O6S. The van der Waals surface area contributed by atoms with Gasteiger partial charge in [0.15, 0.2) is 0 Å². The number of aromatic nitrogens is 2. The van der Waals surface area contributed by atoms with E-state index in [0.717, 1.165) is 10.7 Å². The van der Waals surface area contributed by atoms with Crippen LogP contribution in [0.4, 0.5) is 5.69 Å². The Bertz CT molecular complexity index is 1440. The maximum Gasteiger partial charge on any atom is 0.335 e. The van der Waals surface area contributed by atoms with Crippen LogP contribution in [0, 0.1) is 6.92 Å². The summed E-state index contributed by atoms with van der Waals surface area (Å²) < 4.78 is 29.3. The van der Waals surface area contributed by atoms with E-state index in [1.54, 1.807) is 31.2 Å². The van der Waals surface area contributed by atoms with E-state index in [0.29, 0.717) is 11.1 Å². The zero-order chi connectivity index (χ0) is 25.8. The van der Waals surface area contributed by atoms with E-state index in [1.165, 1.54) is 31.3 Å². The highest BCUT2D eigenvalue weighted by atomic mass is 35.5. The number of nitrogens with one attached hydrogen (secondary N) is 2. The number of carboxylic acids is 1. The second-order valence-electron chi connectivity index (χ2n) is 7.76. The minimum absolute atomic E-state index is 0.0241. The zero-order valence-electron chi connectivity index (χ0n) is 18.9. The second-order valence-corrected chi connectivity index (χ2v) is 9.93. The van der Waals surface area contributed by atoms with Gasteiger partial charge in [-0.05, 0) is 55.7 Å². The van der Waals surface area contributed by atoms with Crippen molar-refractivity contribution in [2.24, 2.45) is 0 Å². The number of carboxylic acid groups (broad SMARTS) is 1. The van der Waals surface area contributed by atoms with Crippen LogP contribution >= 0.6 is 11.6 Å². The van der Waals surface area contributed by atoms with Gasteiger partial charge in [0.05, 0.1) is 21.7 Å². The van der Waals surface area contributed by atoms with Crippen molar-refractivity contribution in [3.63, 3.8) is 0 Å². The van der Waals surface area contributed by atoms with Gasteiger partial charge < -0.3 is 10.4 Å². The molecule has 184 valence electrons. The van der Waals surface area contributed by atoms with Crippen molar-refractivity contribution in [3.8, 4) is 0 Å². The van der Waals surface area contributed by atoms with Crippen molar-refractivity contribution in [2.45, 2.75) is 31.2 Å². The van der Waals surface area contributed by atoms with E-state index < -0.39 is 33.5 Å². The number of rotatable bonds is 9. The molecule has 3 rings (SSSR count). The molecule has 3 aromatic rings. The standard InChI is InChI=1S/C23H23ClN4O6S/c1-14-6-7-19(27-22(30)15(2)28-21(29)11-18(24)13-25-28)12-20(14)35(33,34)26-9-8-16-4-3-5-17(10-16)23(31)32/h3-7,10-13,15,26H,8-9H2,1-2H3,(H,27,30)(H,31,32)/t15-/m1/s1. The lowest BCUT2D eigenvalue weighted by molar-refractivity contribution is -0.119. The van der Waals surface area contributed by atoms with Crippen molar-refractivity contribution in [1.82, 2.24) is 14.5 Å². The lowest BCUT2D eigenvalue weighted by Gasteiger charge is -2.15. The average molecular weight is 519 g/mol. The highest BCUT2D eigenvalue weighted by Crippen LogP contribution is 2.21. The van der Waals surface area contributed by atoms with E-state index in [-0.39, 0.29) is 34.1 Å². The summed E-state index contributed by atoms with van der Waals surface area (Å²) in [4.78, 5) is 35.8. The monoisotopic (exact) mass is 518 g/mol. The number of aromatic carboxylic acids is 1. The van der Waals surface area contributed by atoms with E-state index in [9.17, 15) is 22.8 Å². The second kappa shape index (κ2) is 10.8. The van der Waals surface area contributed by atoms with Gasteiger partial charge in [-0.3, -0.25) is 9.59 Å². The van der Waals surface area contributed by atoms with Crippen LogP contribution in [0.5, 0.6) is 0 Å². The molecule has 10 nitrogen and oxygen atoms in total. The molecule has 35 heavy (non-hydrogen) atoms. The molecule has 1 aromatic heterocycles. The Kier molecular flexibility index (Phi) is 8.05. The fourth-order valence-electron chi connectivity index (χ4n) is 3.28. The van der Waals surface area contributed by atoms with Crippen molar-refractivity contribution in [2.75, 3.05) is 11.9 Å². The topological polar surface area (TPSA) is 147 Å². The number of sulfonamides is 1. The van der Waals surface area contributed by atoms with Crippen molar-refractivity contribution in [1.29, 1.82) is 0 Å². The normalized spacial score (nSPS) is 12.2. The van der Waals surface area contributed by atoms with E-state index in [2.05, 4.69) is 15.1 Å². The molecule has 12 heteroatoms. The van der Waals surface area contributed by atoms with Gasteiger partial charge in [-0.1, -0.05) is 29.8 Å². The summed E-state index contributed by atoms with van der Waals surface area (Å²) in [5.41, 5.74) is 0.932. The minimum Gasteiger partial charge on any atom is -0.478 e. The van der Waals surface area contributed by atoms with Crippen molar-refractivity contribution in [3.05, 3.63) is 86.8 Å². The number of aryl methyl sites for hydroxylation is 1. The number of carbonyl (C=O) groups is 2. The fourth-order valence-corrected chi connectivity index (χ4v) is 4.72. The highest BCUT2D eigenvalue weighted by molar-refractivity contribution is 7.89. The third-order valence-electron chi connectivity index (χ3n) is 5.16. The van der Waals surface area contributed by atoms with Crippen LogP contribution in [0.1, 0.15) is 34.5 Å². The van der Waals surface area contributed by atoms with Crippen LogP contribution in [-0.2, 0) is 21.2 Å². The maximum absolute atomic E-state index is 12.9.